The smallest absolute Gasteiger partial charge is 0.307 e. The molecule has 0 radical (unpaired) electrons. The summed E-state index contributed by atoms with van der Waals surface area (Å²) in [6.07, 6.45) is 37.2. The van der Waals surface area contributed by atoms with Crippen LogP contribution in [0.15, 0.2) is 16.8 Å². The molecule has 4 nitrogen and oxygen atoms in total. The van der Waals surface area contributed by atoms with Gasteiger partial charge in [0.2, 0.25) is 0 Å². The highest BCUT2D eigenvalue weighted by atomic mass is 32.1. The molecule has 0 saturated carbocycles. The molecule has 1 rings (SSSR count). The molecule has 1 aromatic rings. The lowest BCUT2D eigenvalue weighted by atomic mass is 10.0. The standard InChI is InChI=1S/C38H74NO3PS/c1-4-6-8-10-12-14-16-18-20-22-24-26-28-30-33-41-43(40,38(39-3)37-32-35-44-36-37)42-34-31-29-27-25-23-21-19-17-15-13-11-9-7-5-2/h32,35-36,38-39H,4-31,33-34H2,1-3H3. The van der Waals surface area contributed by atoms with Crippen molar-refractivity contribution in [1.29, 1.82) is 0 Å². The van der Waals surface area contributed by atoms with Gasteiger partial charge in [0.15, 0.2) is 0 Å². The van der Waals surface area contributed by atoms with E-state index in [0.717, 1.165) is 31.2 Å². The molecule has 0 aliphatic carbocycles. The number of nitrogens with one attached hydrogen (secondary N) is 1. The van der Waals surface area contributed by atoms with Crippen molar-refractivity contribution in [1.82, 2.24) is 5.32 Å². The van der Waals surface area contributed by atoms with Crippen LogP contribution in [-0.2, 0) is 13.6 Å². The summed E-state index contributed by atoms with van der Waals surface area (Å²) >= 11 is 1.63. The number of hydrogen-bond acceptors (Lipinski definition) is 5. The van der Waals surface area contributed by atoms with Crippen LogP contribution in [0.2, 0.25) is 0 Å². The van der Waals surface area contributed by atoms with Gasteiger partial charge in [0.1, 0.15) is 5.78 Å². The second-order valence-corrected chi connectivity index (χ2v) is 16.0. The predicted octanol–water partition coefficient (Wildman–Crippen LogP) is 14.2. The van der Waals surface area contributed by atoms with Crippen LogP contribution in [0.5, 0.6) is 0 Å². The van der Waals surface area contributed by atoms with Crippen molar-refractivity contribution in [3.05, 3.63) is 22.4 Å². The fourth-order valence-electron chi connectivity index (χ4n) is 6.10. The van der Waals surface area contributed by atoms with E-state index in [0.29, 0.717) is 13.2 Å². The van der Waals surface area contributed by atoms with Gasteiger partial charge in [-0.1, -0.05) is 181 Å². The minimum Gasteiger partial charge on any atom is -0.307 e. The van der Waals surface area contributed by atoms with Crippen LogP contribution < -0.4 is 5.32 Å². The van der Waals surface area contributed by atoms with Crippen molar-refractivity contribution >= 4 is 18.9 Å². The fourth-order valence-corrected chi connectivity index (χ4v) is 8.87. The van der Waals surface area contributed by atoms with Gasteiger partial charge in [0.25, 0.3) is 0 Å². The SMILES string of the molecule is CCCCCCCCCCCCCCCCOP(=O)(OCCCCCCCCCCCCCCCC)C(NC)c1ccsc1. The molecule has 0 aliphatic heterocycles. The molecule has 1 aromatic heterocycles. The topological polar surface area (TPSA) is 47.6 Å². The van der Waals surface area contributed by atoms with Gasteiger partial charge in [-0.05, 0) is 42.3 Å². The molecule has 44 heavy (non-hydrogen) atoms. The van der Waals surface area contributed by atoms with Gasteiger partial charge in [-0.2, -0.15) is 11.3 Å². The highest BCUT2D eigenvalue weighted by Crippen LogP contribution is 2.60. The van der Waals surface area contributed by atoms with E-state index in [4.69, 9.17) is 9.05 Å². The molecule has 0 aliphatic rings. The zero-order chi connectivity index (χ0) is 31.8. The Labute approximate surface area is 279 Å². The first-order chi connectivity index (χ1) is 21.7. The lowest BCUT2D eigenvalue weighted by Gasteiger charge is -2.26. The van der Waals surface area contributed by atoms with Crippen LogP contribution in [0, 0.1) is 0 Å². The van der Waals surface area contributed by atoms with Crippen LogP contribution >= 0.6 is 18.9 Å². The highest BCUT2D eigenvalue weighted by molar-refractivity contribution is 7.54. The van der Waals surface area contributed by atoms with Gasteiger partial charge < -0.3 is 14.4 Å². The molecule has 0 aromatic carbocycles. The zero-order valence-corrected chi connectivity index (χ0v) is 31.3. The Morgan fingerprint density at radius 3 is 1.16 bits per heavy atom. The fraction of sp³-hybridized carbons (Fsp3) is 0.895. The van der Waals surface area contributed by atoms with Crippen molar-refractivity contribution in [2.24, 2.45) is 0 Å². The number of thiophene rings is 1. The van der Waals surface area contributed by atoms with Crippen molar-refractivity contribution in [2.45, 2.75) is 199 Å². The minimum absolute atomic E-state index is 0.396. The molecule has 0 amide bonds. The van der Waals surface area contributed by atoms with E-state index in [1.54, 1.807) is 11.3 Å². The quantitative estimate of drug-likeness (QED) is 0.0584. The summed E-state index contributed by atoms with van der Waals surface area (Å²) in [5.41, 5.74) is 1.00. The van der Waals surface area contributed by atoms with Crippen LogP contribution in [-0.4, -0.2) is 20.3 Å². The first-order valence-corrected chi connectivity index (χ1v) is 21.8. The molecule has 260 valence electrons. The average Bonchev–Trinajstić information content (AvgIpc) is 3.56. The van der Waals surface area contributed by atoms with E-state index in [9.17, 15) is 4.57 Å². The molecule has 1 N–H and O–H groups in total. The van der Waals surface area contributed by atoms with E-state index < -0.39 is 13.4 Å². The molecular formula is C38H74NO3PS. The molecule has 1 atom stereocenters. The first-order valence-electron chi connectivity index (χ1n) is 19.3. The normalized spacial score (nSPS) is 12.7. The lowest BCUT2D eigenvalue weighted by Crippen LogP contribution is -2.19. The maximum Gasteiger partial charge on any atom is 0.351 e. The molecule has 0 spiro atoms. The maximum absolute atomic E-state index is 14.0. The Balaban J connectivity index is 2.16. The van der Waals surface area contributed by atoms with Crippen LogP contribution in [0.3, 0.4) is 0 Å². The third-order valence-corrected chi connectivity index (χ3v) is 12.0. The monoisotopic (exact) mass is 656 g/mol. The van der Waals surface area contributed by atoms with Gasteiger partial charge in [-0.3, -0.25) is 4.57 Å². The summed E-state index contributed by atoms with van der Waals surface area (Å²) in [6.45, 7) is 5.59. The van der Waals surface area contributed by atoms with Gasteiger partial charge in [-0.25, -0.2) is 0 Å². The summed E-state index contributed by atoms with van der Waals surface area (Å²) in [5, 5.41) is 7.33. The second-order valence-electron chi connectivity index (χ2n) is 13.1. The third kappa shape index (κ3) is 23.2. The summed E-state index contributed by atoms with van der Waals surface area (Å²) < 4.78 is 26.2. The van der Waals surface area contributed by atoms with Gasteiger partial charge >= 0.3 is 7.60 Å². The van der Waals surface area contributed by atoms with Crippen molar-refractivity contribution in [2.75, 3.05) is 20.3 Å². The third-order valence-electron chi connectivity index (χ3n) is 8.99. The maximum atomic E-state index is 14.0. The van der Waals surface area contributed by atoms with E-state index in [1.807, 2.05) is 18.5 Å². The Bertz CT molecular complexity index is 706. The summed E-state index contributed by atoms with van der Waals surface area (Å²) in [5.74, 6) is -0.396. The minimum atomic E-state index is -3.30. The molecule has 1 unspecified atom stereocenters. The first kappa shape index (κ1) is 41.8. The average molecular weight is 656 g/mol. The van der Waals surface area contributed by atoms with Crippen LogP contribution in [0.25, 0.3) is 0 Å². The summed E-state index contributed by atoms with van der Waals surface area (Å²) in [7, 11) is -1.43. The van der Waals surface area contributed by atoms with Gasteiger partial charge in [-0.15, -0.1) is 0 Å². The van der Waals surface area contributed by atoms with E-state index in [2.05, 4.69) is 24.5 Å². The zero-order valence-electron chi connectivity index (χ0n) is 29.6. The number of rotatable bonds is 35. The van der Waals surface area contributed by atoms with Gasteiger partial charge in [0.05, 0.1) is 13.2 Å². The van der Waals surface area contributed by atoms with Crippen LogP contribution in [0.1, 0.15) is 205 Å². The predicted molar refractivity (Wildman–Crippen MR) is 196 cm³/mol. The highest BCUT2D eigenvalue weighted by Gasteiger charge is 2.36. The van der Waals surface area contributed by atoms with Crippen LogP contribution in [0.4, 0.5) is 0 Å². The molecule has 0 fully saturated rings. The van der Waals surface area contributed by atoms with Crippen molar-refractivity contribution in [3.8, 4) is 0 Å². The molecule has 0 saturated heterocycles. The number of unbranched alkanes of at least 4 members (excludes halogenated alkanes) is 26. The molecule has 1 heterocycles. The molecular weight excluding hydrogens is 581 g/mol. The lowest BCUT2D eigenvalue weighted by molar-refractivity contribution is 0.187. The largest absolute Gasteiger partial charge is 0.351 e. The van der Waals surface area contributed by atoms with E-state index >= 15 is 0 Å². The Morgan fingerprint density at radius 2 is 0.886 bits per heavy atom. The second kappa shape index (κ2) is 31.4. The Morgan fingerprint density at radius 1 is 0.568 bits per heavy atom. The Hall–Kier alpha value is -0.190. The van der Waals surface area contributed by atoms with Gasteiger partial charge in [0, 0.05) is 0 Å². The molecule has 6 heteroatoms. The summed E-state index contributed by atoms with van der Waals surface area (Å²) in [4.78, 5) is 0. The summed E-state index contributed by atoms with van der Waals surface area (Å²) in [6, 6.07) is 2.03. The number of hydrogen-bond donors (Lipinski definition) is 1. The van der Waals surface area contributed by atoms with E-state index in [-0.39, 0.29) is 0 Å². The Kier molecular flexibility index (Phi) is 29.9. The van der Waals surface area contributed by atoms with E-state index in [1.165, 1.54) is 154 Å². The van der Waals surface area contributed by atoms with Crippen molar-refractivity contribution < 1.29 is 13.6 Å². The van der Waals surface area contributed by atoms with Crippen molar-refractivity contribution in [3.63, 3.8) is 0 Å². The molecule has 0 bridgehead atoms.